The molecule has 0 aromatic heterocycles. The zero-order valence-corrected chi connectivity index (χ0v) is 12.1. The van der Waals surface area contributed by atoms with Crippen molar-refractivity contribution < 1.29 is 8.42 Å². The molecule has 4 heteroatoms. The minimum Gasteiger partial charge on any atom is -0.207 e. The third-order valence-electron chi connectivity index (χ3n) is 3.83. The molecule has 0 N–H and O–H groups in total. The van der Waals surface area contributed by atoms with Crippen LogP contribution in [0, 0.1) is 13.8 Å². The molecule has 18 heavy (non-hydrogen) atoms. The Labute approximate surface area is 110 Å². The van der Waals surface area contributed by atoms with Gasteiger partial charge in [-0.1, -0.05) is 12.5 Å². The molecule has 2 rings (SSSR count). The van der Waals surface area contributed by atoms with Crippen molar-refractivity contribution in [3.05, 3.63) is 29.3 Å². The molecule has 3 nitrogen and oxygen atoms in total. The molecule has 1 aliphatic rings. The summed E-state index contributed by atoms with van der Waals surface area (Å²) in [5, 5.41) is 0. The molecule has 0 saturated carbocycles. The van der Waals surface area contributed by atoms with E-state index in [0.29, 0.717) is 11.4 Å². The molecule has 0 spiro atoms. The molecular weight excluding hydrogens is 246 g/mol. The van der Waals surface area contributed by atoms with Crippen LogP contribution in [-0.2, 0) is 10.0 Å². The number of rotatable bonds is 2. The summed E-state index contributed by atoms with van der Waals surface area (Å²) in [5.74, 6) is 0. The fraction of sp³-hybridized carbons (Fsp3) is 0.571. The number of hydrogen-bond acceptors (Lipinski definition) is 2. The SMILES string of the molecule is Cc1ccc(S(=O)(=O)N2CCCC[C@@H]2C)cc1C. The van der Waals surface area contributed by atoms with Crippen molar-refractivity contribution in [2.75, 3.05) is 6.54 Å². The Hall–Kier alpha value is -0.870. The average molecular weight is 267 g/mol. The Bertz CT molecular complexity index is 537. The Morgan fingerprint density at radius 3 is 2.50 bits per heavy atom. The second-order valence-electron chi connectivity index (χ2n) is 5.21. The predicted octanol–water partition coefficient (Wildman–Crippen LogP) is 2.87. The van der Waals surface area contributed by atoms with E-state index < -0.39 is 10.0 Å². The van der Waals surface area contributed by atoms with Crippen LogP contribution in [-0.4, -0.2) is 25.3 Å². The molecule has 1 aliphatic heterocycles. The highest BCUT2D eigenvalue weighted by Crippen LogP contribution is 2.26. The highest BCUT2D eigenvalue weighted by molar-refractivity contribution is 7.89. The first-order valence-electron chi connectivity index (χ1n) is 6.52. The number of benzene rings is 1. The van der Waals surface area contributed by atoms with Gasteiger partial charge in [-0.25, -0.2) is 8.42 Å². The van der Waals surface area contributed by atoms with Gasteiger partial charge in [0.2, 0.25) is 10.0 Å². The van der Waals surface area contributed by atoms with Crippen molar-refractivity contribution in [1.82, 2.24) is 4.31 Å². The lowest BCUT2D eigenvalue weighted by Crippen LogP contribution is -2.41. The van der Waals surface area contributed by atoms with Crippen LogP contribution in [0.15, 0.2) is 23.1 Å². The van der Waals surface area contributed by atoms with E-state index in [-0.39, 0.29) is 6.04 Å². The van der Waals surface area contributed by atoms with Gasteiger partial charge in [0.25, 0.3) is 0 Å². The van der Waals surface area contributed by atoms with Gasteiger partial charge in [-0.05, 0) is 56.9 Å². The highest BCUT2D eigenvalue weighted by atomic mass is 32.2. The first-order valence-corrected chi connectivity index (χ1v) is 7.96. The van der Waals surface area contributed by atoms with Gasteiger partial charge in [0, 0.05) is 12.6 Å². The summed E-state index contributed by atoms with van der Waals surface area (Å²) >= 11 is 0. The Morgan fingerprint density at radius 1 is 1.17 bits per heavy atom. The smallest absolute Gasteiger partial charge is 0.207 e. The molecule has 1 saturated heterocycles. The van der Waals surface area contributed by atoms with Gasteiger partial charge in [-0.2, -0.15) is 4.31 Å². The quantitative estimate of drug-likeness (QED) is 0.826. The maximum atomic E-state index is 12.6. The minimum atomic E-state index is -3.32. The third-order valence-corrected chi connectivity index (χ3v) is 5.84. The maximum absolute atomic E-state index is 12.6. The average Bonchev–Trinajstić information content (AvgIpc) is 2.33. The molecule has 0 radical (unpaired) electrons. The van der Waals surface area contributed by atoms with Gasteiger partial charge in [-0.15, -0.1) is 0 Å². The van der Waals surface area contributed by atoms with Gasteiger partial charge in [0.1, 0.15) is 0 Å². The number of piperidine rings is 1. The van der Waals surface area contributed by atoms with Crippen molar-refractivity contribution in [3.63, 3.8) is 0 Å². The summed E-state index contributed by atoms with van der Waals surface area (Å²) in [6.45, 7) is 6.59. The van der Waals surface area contributed by atoms with Crippen molar-refractivity contribution in [1.29, 1.82) is 0 Å². The van der Waals surface area contributed by atoms with Crippen LogP contribution in [0.25, 0.3) is 0 Å². The predicted molar refractivity (Wildman–Crippen MR) is 73.1 cm³/mol. The summed E-state index contributed by atoms with van der Waals surface area (Å²) in [6.07, 6.45) is 3.05. The molecule has 0 amide bonds. The summed E-state index contributed by atoms with van der Waals surface area (Å²) in [5.41, 5.74) is 2.15. The maximum Gasteiger partial charge on any atom is 0.243 e. The number of sulfonamides is 1. The number of aryl methyl sites for hydroxylation is 2. The third kappa shape index (κ3) is 2.45. The van der Waals surface area contributed by atoms with Crippen LogP contribution < -0.4 is 0 Å². The molecule has 0 unspecified atom stereocenters. The van der Waals surface area contributed by atoms with Crippen molar-refractivity contribution >= 4 is 10.0 Å². The van der Waals surface area contributed by atoms with Crippen LogP contribution >= 0.6 is 0 Å². The van der Waals surface area contributed by atoms with Gasteiger partial charge in [-0.3, -0.25) is 0 Å². The second-order valence-corrected chi connectivity index (χ2v) is 7.10. The molecule has 0 bridgehead atoms. The summed E-state index contributed by atoms with van der Waals surface area (Å²) < 4.78 is 26.8. The van der Waals surface area contributed by atoms with Gasteiger partial charge in [0.05, 0.1) is 4.90 Å². The van der Waals surface area contributed by atoms with E-state index in [9.17, 15) is 8.42 Å². The van der Waals surface area contributed by atoms with Crippen molar-refractivity contribution in [3.8, 4) is 0 Å². The van der Waals surface area contributed by atoms with E-state index in [1.54, 1.807) is 16.4 Å². The minimum absolute atomic E-state index is 0.116. The van der Waals surface area contributed by atoms with Gasteiger partial charge in [0.15, 0.2) is 0 Å². The fourth-order valence-corrected chi connectivity index (χ4v) is 4.22. The van der Waals surface area contributed by atoms with Crippen molar-refractivity contribution in [2.24, 2.45) is 0 Å². The highest BCUT2D eigenvalue weighted by Gasteiger charge is 2.30. The standard InChI is InChI=1S/C14H21NO2S/c1-11-7-8-14(10-12(11)2)18(16,17)15-9-5-4-6-13(15)3/h7-8,10,13H,4-6,9H2,1-3H3/t13-/m0/s1. The van der Waals surface area contributed by atoms with E-state index in [4.69, 9.17) is 0 Å². The van der Waals surface area contributed by atoms with Crippen LogP contribution in [0.5, 0.6) is 0 Å². The van der Waals surface area contributed by atoms with Crippen molar-refractivity contribution in [2.45, 2.75) is 51.0 Å². The zero-order chi connectivity index (χ0) is 13.3. The molecule has 1 fully saturated rings. The van der Waals surface area contributed by atoms with E-state index in [1.807, 2.05) is 26.8 Å². The monoisotopic (exact) mass is 267 g/mol. The lowest BCUT2D eigenvalue weighted by Gasteiger charge is -2.32. The molecule has 1 heterocycles. The topological polar surface area (TPSA) is 37.4 Å². The summed E-state index contributed by atoms with van der Waals surface area (Å²) in [6, 6.07) is 5.51. The van der Waals surface area contributed by atoms with E-state index >= 15 is 0 Å². The Morgan fingerprint density at radius 2 is 1.89 bits per heavy atom. The van der Waals surface area contributed by atoms with Crippen LogP contribution in [0.1, 0.15) is 37.3 Å². The molecule has 0 aliphatic carbocycles. The van der Waals surface area contributed by atoms with Crippen LogP contribution in [0.4, 0.5) is 0 Å². The molecule has 100 valence electrons. The molecular formula is C14H21NO2S. The molecule has 1 aromatic rings. The molecule has 1 atom stereocenters. The normalized spacial score (nSPS) is 22.1. The summed E-state index contributed by atoms with van der Waals surface area (Å²) in [4.78, 5) is 0.430. The van der Waals surface area contributed by atoms with E-state index in [0.717, 1.165) is 30.4 Å². The van der Waals surface area contributed by atoms with Gasteiger partial charge >= 0.3 is 0 Å². The number of hydrogen-bond donors (Lipinski definition) is 0. The van der Waals surface area contributed by atoms with Crippen LogP contribution in [0.2, 0.25) is 0 Å². The number of nitrogens with zero attached hydrogens (tertiary/aromatic N) is 1. The van der Waals surface area contributed by atoms with E-state index in [1.165, 1.54) is 0 Å². The fourth-order valence-electron chi connectivity index (χ4n) is 2.44. The first-order chi connectivity index (χ1) is 8.43. The summed E-state index contributed by atoms with van der Waals surface area (Å²) in [7, 11) is -3.32. The zero-order valence-electron chi connectivity index (χ0n) is 11.3. The van der Waals surface area contributed by atoms with Crippen LogP contribution in [0.3, 0.4) is 0 Å². The first kappa shape index (κ1) is 13.6. The Kier molecular flexibility index (Phi) is 3.78. The second kappa shape index (κ2) is 5.02. The lowest BCUT2D eigenvalue weighted by atomic mass is 10.1. The Balaban J connectivity index is 2.37. The molecule has 1 aromatic carbocycles. The van der Waals surface area contributed by atoms with E-state index in [2.05, 4.69) is 0 Å². The largest absolute Gasteiger partial charge is 0.243 e. The lowest BCUT2D eigenvalue weighted by molar-refractivity contribution is 0.268. The van der Waals surface area contributed by atoms with Gasteiger partial charge < -0.3 is 0 Å².